The van der Waals surface area contributed by atoms with E-state index in [0.29, 0.717) is 11.6 Å². The van der Waals surface area contributed by atoms with Gasteiger partial charge < -0.3 is 15.0 Å². The van der Waals surface area contributed by atoms with Crippen molar-refractivity contribution in [2.24, 2.45) is 16.1 Å². The van der Waals surface area contributed by atoms with Crippen molar-refractivity contribution in [3.8, 4) is 0 Å². The van der Waals surface area contributed by atoms with Crippen LogP contribution in [0.15, 0.2) is 58.9 Å². The third kappa shape index (κ3) is 4.31. The van der Waals surface area contributed by atoms with Gasteiger partial charge in [0.25, 0.3) is 5.91 Å². The fourth-order valence-electron chi connectivity index (χ4n) is 3.80. The molecule has 1 amide bonds. The predicted molar refractivity (Wildman–Crippen MR) is 125 cm³/mol. The lowest BCUT2D eigenvalue weighted by Crippen LogP contribution is -2.32. The van der Waals surface area contributed by atoms with Crippen LogP contribution in [0.25, 0.3) is 5.65 Å². The first-order valence-corrected chi connectivity index (χ1v) is 11.0. The van der Waals surface area contributed by atoms with Gasteiger partial charge in [-0.05, 0) is 50.1 Å². The Balaban J connectivity index is 1.28. The molecule has 9 nitrogen and oxygen atoms in total. The SMILES string of the molecule is Cc1ccc(C2N=C(C3CC(=NOC(C)C)C3)ON2)cc1NC(=O)c1cnc2ccccn12. The Morgan fingerprint density at radius 3 is 2.97 bits per heavy atom. The van der Waals surface area contributed by atoms with Crippen molar-refractivity contribution >= 4 is 28.9 Å². The lowest BCUT2D eigenvalue weighted by Gasteiger charge is -2.25. The van der Waals surface area contributed by atoms with Crippen LogP contribution in [0.3, 0.4) is 0 Å². The minimum Gasteiger partial charge on any atom is -0.393 e. The molecule has 1 saturated carbocycles. The van der Waals surface area contributed by atoms with E-state index in [9.17, 15) is 4.79 Å². The van der Waals surface area contributed by atoms with Crippen molar-refractivity contribution < 1.29 is 14.5 Å². The van der Waals surface area contributed by atoms with E-state index in [2.05, 4.69) is 20.9 Å². The molecule has 1 fully saturated rings. The monoisotopic (exact) mass is 446 g/mol. The number of oxime groups is 1. The second-order valence-electron chi connectivity index (χ2n) is 8.61. The molecule has 2 aliphatic rings. The molecule has 2 aromatic heterocycles. The Bertz CT molecular complexity index is 1250. The number of anilines is 1. The first kappa shape index (κ1) is 21.1. The van der Waals surface area contributed by atoms with E-state index >= 15 is 0 Å². The van der Waals surface area contributed by atoms with Crippen molar-refractivity contribution in [1.82, 2.24) is 14.9 Å². The lowest BCUT2D eigenvalue weighted by atomic mass is 9.83. The number of benzene rings is 1. The molecule has 0 radical (unpaired) electrons. The highest BCUT2D eigenvalue weighted by atomic mass is 16.7. The second kappa shape index (κ2) is 8.67. The largest absolute Gasteiger partial charge is 0.393 e. The normalized spacial score (nSPS) is 19.8. The Kier molecular flexibility index (Phi) is 5.55. The molecule has 0 saturated heterocycles. The minimum atomic E-state index is -0.333. The fraction of sp³-hybridized carbons (Fsp3) is 0.333. The number of imidazole rings is 1. The first-order valence-electron chi connectivity index (χ1n) is 11.0. The number of hydrogen-bond donors (Lipinski definition) is 2. The maximum absolute atomic E-state index is 12.9. The molecule has 1 aliphatic carbocycles. The highest BCUT2D eigenvalue weighted by Crippen LogP contribution is 2.32. The number of hydrogen-bond acceptors (Lipinski definition) is 7. The summed E-state index contributed by atoms with van der Waals surface area (Å²) in [4.78, 5) is 32.9. The third-order valence-corrected chi connectivity index (χ3v) is 5.71. The van der Waals surface area contributed by atoms with E-state index < -0.39 is 0 Å². The molecule has 1 unspecified atom stereocenters. The number of aryl methyl sites for hydroxylation is 1. The van der Waals surface area contributed by atoms with Crippen LogP contribution in [0.2, 0.25) is 0 Å². The fourth-order valence-corrected chi connectivity index (χ4v) is 3.80. The van der Waals surface area contributed by atoms with Crippen LogP contribution in [0.5, 0.6) is 0 Å². The highest BCUT2D eigenvalue weighted by Gasteiger charge is 2.35. The summed E-state index contributed by atoms with van der Waals surface area (Å²) in [6, 6.07) is 11.5. The highest BCUT2D eigenvalue weighted by molar-refractivity contribution is 6.04. The first-order chi connectivity index (χ1) is 16.0. The minimum absolute atomic E-state index is 0.0755. The Labute approximate surface area is 191 Å². The van der Waals surface area contributed by atoms with Crippen LogP contribution in [-0.4, -0.2) is 33.0 Å². The Hall–Kier alpha value is -3.72. The standard InChI is InChI=1S/C24H26N6O3/c1-14(2)32-28-18-10-17(11-18)24-27-22(29-33-24)16-8-7-15(3)19(12-16)26-23(31)20-13-25-21-6-4-5-9-30(20)21/h4-9,12-14,17,22,29H,10-11H2,1-3H3,(H,26,31). The van der Waals surface area contributed by atoms with Crippen LogP contribution in [0.1, 0.15) is 54.5 Å². The molecule has 0 bridgehead atoms. The van der Waals surface area contributed by atoms with Crippen molar-refractivity contribution in [3.05, 3.63) is 65.6 Å². The zero-order valence-electron chi connectivity index (χ0n) is 18.8. The van der Waals surface area contributed by atoms with Crippen molar-refractivity contribution in [3.63, 3.8) is 0 Å². The molecule has 0 spiro atoms. The lowest BCUT2D eigenvalue weighted by molar-refractivity contribution is 0.0830. The number of pyridine rings is 1. The molecule has 1 aromatic carbocycles. The molecular formula is C24H26N6O3. The summed E-state index contributed by atoms with van der Waals surface area (Å²) in [6.45, 7) is 5.86. The van der Waals surface area contributed by atoms with E-state index in [0.717, 1.165) is 41.0 Å². The number of carbonyl (C=O) groups excluding carboxylic acids is 1. The number of hydroxylamine groups is 1. The van der Waals surface area contributed by atoms with E-state index in [1.807, 2.05) is 63.4 Å². The molecular weight excluding hydrogens is 420 g/mol. The number of fused-ring (bicyclic) bond motifs is 1. The van der Waals surface area contributed by atoms with Crippen LogP contribution in [-0.2, 0) is 9.68 Å². The zero-order chi connectivity index (χ0) is 22.9. The van der Waals surface area contributed by atoms with Gasteiger partial charge in [0.2, 0.25) is 5.90 Å². The van der Waals surface area contributed by atoms with Gasteiger partial charge in [-0.15, -0.1) is 5.48 Å². The molecule has 1 aliphatic heterocycles. The zero-order valence-corrected chi connectivity index (χ0v) is 18.8. The van der Waals surface area contributed by atoms with Gasteiger partial charge in [0, 0.05) is 30.6 Å². The van der Waals surface area contributed by atoms with Crippen molar-refractivity contribution in [1.29, 1.82) is 0 Å². The van der Waals surface area contributed by atoms with Gasteiger partial charge in [-0.25, -0.2) is 9.98 Å². The predicted octanol–water partition coefficient (Wildman–Crippen LogP) is 4.02. The van der Waals surface area contributed by atoms with Gasteiger partial charge in [-0.1, -0.05) is 23.4 Å². The Morgan fingerprint density at radius 1 is 1.30 bits per heavy atom. The summed E-state index contributed by atoms with van der Waals surface area (Å²) in [5.74, 6) is 0.663. The average molecular weight is 447 g/mol. The molecule has 170 valence electrons. The summed E-state index contributed by atoms with van der Waals surface area (Å²) in [5.41, 5.74) is 7.79. The van der Waals surface area contributed by atoms with Crippen LogP contribution in [0, 0.1) is 12.8 Å². The summed E-state index contributed by atoms with van der Waals surface area (Å²) in [6.07, 6.45) is 4.71. The summed E-state index contributed by atoms with van der Waals surface area (Å²) in [7, 11) is 0. The van der Waals surface area contributed by atoms with E-state index in [1.54, 1.807) is 10.6 Å². The van der Waals surface area contributed by atoms with E-state index in [1.165, 1.54) is 0 Å². The van der Waals surface area contributed by atoms with Crippen LogP contribution < -0.4 is 10.8 Å². The number of aromatic nitrogens is 2. The maximum atomic E-state index is 12.9. The third-order valence-electron chi connectivity index (χ3n) is 5.71. The number of rotatable bonds is 6. The molecule has 2 N–H and O–H groups in total. The van der Waals surface area contributed by atoms with Gasteiger partial charge in [0.1, 0.15) is 17.4 Å². The number of nitrogens with one attached hydrogen (secondary N) is 2. The Morgan fingerprint density at radius 2 is 2.15 bits per heavy atom. The van der Waals surface area contributed by atoms with E-state index in [-0.39, 0.29) is 24.1 Å². The van der Waals surface area contributed by atoms with Gasteiger partial charge in [-0.3, -0.25) is 9.20 Å². The van der Waals surface area contributed by atoms with Gasteiger partial charge >= 0.3 is 0 Å². The van der Waals surface area contributed by atoms with E-state index in [4.69, 9.17) is 14.7 Å². The molecule has 3 aromatic rings. The van der Waals surface area contributed by atoms with Crippen LogP contribution >= 0.6 is 0 Å². The molecule has 5 rings (SSSR count). The number of nitrogens with zero attached hydrogens (tertiary/aromatic N) is 4. The smallest absolute Gasteiger partial charge is 0.274 e. The van der Waals surface area contributed by atoms with Crippen molar-refractivity contribution in [2.45, 2.75) is 45.9 Å². The number of amides is 1. The number of aliphatic imine (C=N–C) groups is 1. The topological polar surface area (TPSA) is 102 Å². The summed E-state index contributed by atoms with van der Waals surface area (Å²) < 4.78 is 1.76. The average Bonchev–Trinajstić information content (AvgIpc) is 3.41. The van der Waals surface area contributed by atoms with Gasteiger partial charge in [0.05, 0.1) is 11.9 Å². The number of carbonyl (C=O) groups is 1. The molecule has 1 atom stereocenters. The molecule has 33 heavy (non-hydrogen) atoms. The summed E-state index contributed by atoms with van der Waals surface area (Å²) in [5, 5.41) is 7.16. The van der Waals surface area contributed by atoms with Crippen molar-refractivity contribution in [2.75, 3.05) is 5.32 Å². The van der Waals surface area contributed by atoms with Gasteiger partial charge in [0.15, 0.2) is 6.17 Å². The second-order valence-corrected chi connectivity index (χ2v) is 8.61. The molecule has 9 heteroatoms. The summed E-state index contributed by atoms with van der Waals surface area (Å²) >= 11 is 0. The van der Waals surface area contributed by atoms with Crippen LogP contribution in [0.4, 0.5) is 5.69 Å². The maximum Gasteiger partial charge on any atom is 0.274 e. The molecule has 3 heterocycles. The quantitative estimate of drug-likeness (QED) is 0.557. The van der Waals surface area contributed by atoms with Gasteiger partial charge in [-0.2, -0.15) is 0 Å².